The van der Waals surface area contributed by atoms with Gasteiger partial charge >= 0.3 is 0 Å². The second-order valence-electron chi connectivity index (χ2n) is 14.9. The molecule has 14 heteroatoms. The molecule has 2 aromatic heterocycles. The first-order valence-electron chi connectivity index (χ1n) is 21.1. The molecule has 0 amide bonds. The lowest BCUT2D eigenvalue weighted by Crippen LogP contribution is -2.09. The fraction of sp³-hybridized carbons (Fsp3) is 0.216. The van der Waals surface area contributed by atoms with Crippen LogP contribution in [0.25, 0.3) is 0 Å². The number of rotatable bonds is 19. The zero-order chi connectivity index (χ0) is 46.2. The Kier molecular flexibility index (Phi) is 16.8. The Morgan fingerprint density at radius 2 is 0.985 bits per heavy atom. The standard InChI is InChI=1S/C29H28FNO4S.C22H22FNO4S/c1-2-22-13-15-28(29(19-22)34-21-23-9-4-3-5-10-23)35-27-16-14-25(20-26(27)30)36(32,33)18-8-12-24-11-6-7-17-31-24;1-2-16-8-10-22(20(25)14-16)28-21-11-9-18(15-19(21)23)29(26,27)13-5-7-17-6-3-4-12-24-17/h3-7,9-11,13-17,19-20H,2,8,12,18,21H2,1H3;3-4,6,8-12,14-15,25H,2,5,7,13H2,1H3. The van der Waals surface area contributed by atoms with Gasteiger partial charge in [-0.05, 0) is 140 Å². The van der Waals surface area contributed by atoms with Crippen molar-refractivity contribution < 1.29 is 44.9 Å². The third kappa shape index (κ3) is 13.9. The van der Waals surface area contributed by atoms with Crippen molar-refractivity contribution in [3.8, 4) is 34.5 Å². The van der Waals surface area contributed by atoms with Gasteiger partial charge in [-0.3, -0.25) is 9.97 Å². The van der Waals surface area contributed by atoms with Crippen LogP contribution in [0.5, 0.6) is 34.5 Å². The molecule has 0 aliphatic rings. The first kappa shape index (κ1) is 47.8. The average molecular weight is 921 g/mol. The van der Waals surface area contributed by atoms with E-state index in [1.54, 1.807) is 42.7 Å². The highest BCUT2D eigenvalue weighted by Gasteiger charge is 2.20. The van der Waals surface area contributed by atoms with Crippen LogP contribution in [0.4, 0.5) is 8.78 Å². The van der Waals surface area contributed by atoms with Crippen molar-refractivity contribution in [2.45, 2.75) is 68.8 Å². The van der Waals surface area contributed by atoms with E-state index in [0.29, 0.717) is 43.8 Å². The molecule has 5 aromatic carbocycles. The number of hydrogen-bond acceptors (Lipinski definition) is 10. The van der Waals surface area contributed by atoms with Crippen molar-refractivity contribution in [3.63, 3.8) is 0 Å². The highest BCUT2D eigenvalue weighted by Crippen LogP contribution is 2.36. The van der Waals surface area contributed by atoms with Gasteiger partial charge < -0.3 is 19.3 Å². The summed E-state index contributed by atoms with van der Waals surface area (Å²) in [6, 6.07) is 38.3. The smallest absolute Gasteiger partial charge is 0.178 e. The molecule has 65 heavy (non-hydrogen) atoms. The summed E-state index contributed by atoms with van der Waals surface area (Å²) in [7, 11) is -7.28. The molecule has 0 aliphatic carbocycles. The lowest BCUT2D eigenvalue weighted by Gasteiger charge is -2.15. The van der Waals surface area contributed by atoms with Crippen molar-refractivity contribution in [1.82, 2.24) is 9.97 Å². The molecular weight excluding hydrogens is 871 g/mol. The number of pyridine rings is 2. The maximum absolute atomic E-state index is 14.9. The lowest BCUT2D eigenvalue weighted by atomic mass is 10.1. The Hall–Kier alpha value is -6.64. The monoisotopic (exact) mass is 920 g/mol. The van der Waals surface area contributed by atoms with E-state index in [2.05, 4.69) is 9.97 Å². The van der Waals surface area contributed by atoms with E-state index in [-0.39, 0.29) is 44.3 Å². The minimum Gasteiger partial charge on any atom is -0.504 e. The van der Waals surface area contributed by atoms with Gasteiger partial charge in [0.25, 0.3) is 0 Å². The zero-order valence-electron chi connectivity index (χ0n) is 36.1. The fourth-order valence-corrected chi connectivity index (χ4v) is 9.18. The van der Waals surface area contributed by atoms with E-state index in [1.165, 1.54) is 24.3 Å². The molecule has 2 heterocycles. The van der Waals surface area contributed by atoms with Crippen LogP contribution >= 0.6 is 0 Å². The Morgan fingerprint density at radius 3 is 1.46 bits per heavy atom. The number of sulfone groups is 2. The number of ether oxygens (including phenoxy) is 3. The molecule has 0 saturated heterocycles. The largest absolute Gasteiger partial charge is 0.504 e. The topological polar surface area (TPSA) is 142 Å². The SMILES string of the molecule is CCc1ccc(Oc2ccc(S(=O)(=O)CCCc3ccccn3)cc2F)c(O)c1.CCc1ccc(Oc2ccc(S(=O)(=O)CCCc3ccccn3)cc2F)c(OCc2ccccc2)c1. The van der Waals surface area contributed by atoms with E-state index < -0.39 is 31.3 Å². The number of halogens is 2. The molecule has 0 saturated carbocycles. The molecule has 0 fully saturated rings. The first-order chi connectivity index (χ1) is 31.3. The van der Waals surface area contributed by atoms with Crippen molar-refractivity contribution in [2.24, 2.45) is 0 Å². The summed E-state index contributed by atoms with van der Waals surface area (Å²) in [5, 5.41) is 10.0. The van der Waals surface area contributed by atoms with Crippen LogP contribution < -0.4 is 14.2 Å². The Labute approximate surface area is 379 Å². The van der Waals surface area contributed by atoms with Crippen molar-refractivity contribution >= 4 is 19.7 Å². The number of hydrogen-bond donors (Lipinski definition) is 1. The quantitative estimate of drug-likeness (QED) is 0.0833. The van der Waals surface area contributed by atoms with E-state index in [4.69, 9.17) is 14.2 Å². The molecule has 10 nitrogen and oxygen atoms in total. The highest BCUT2D eigenvalue weighted by molar-refractivity contribution is 7.91. The molecule has 0 unspecified atom stereocenters. The number of aromatic hydroxyl groups is 1. The number of benzene rings is 5. The molecule has 0 atom stereocenters. The number of phenolic OH excluding ortho intramolecular Hbond substituents is 1. The first-order valence-corrected chi connectivity index (χ1v) is 24.5. The summed E-state index contributed by atoms with van der Waals surface area (Å²) in [5.74, 6) is -1.15. The van der Waals surface area contributed by atoms with Gasteiger partial charge in [0, 0.05) is 23.8 Å². The molecule has 7 rings (SSSR count). The maximum atomic E-state index is 14.9. The number of aryl methyl sites for hydroxylation is 4. The van der Waals surface area contributed by atoms with Crippen LogP contribution in [-0.2, 0) is 52.0 Å². The average Bonchev–Trinajstić information content (AvgIpc) is 3.31. The lowest BCUT2D eigenvalue weighted by molar-refractivity contribution is 0.289. The Bertz CT molecular complexity index is 2870. The summed E-state index contributed by atoms with van der Waals surface area (Å²) < 4.78 is 97.1. The normalized spacial score (nSPS) is 11.3. The zero-order valence-corrected chi connectivity index (χ0v) is 37.7. The summed E-state index contributed by atoms with van der Waals surface area (Å²) in [4.78, 5) is 8.19. The Balaban J connectivity index is 0.000000221. The Morgan fingerprint density at radius 1 is 0.508 bits per heavy atom. The van der Waals surface area contributed by atoms with E-state index in [9.17, 15) is 30.7 Å². The molecule has 0 aliphatic heterocycles. The second-order valence-corrected chi connectivity index (χ2v) is 19.2. The van der Waals surface area contributed by atoms with Gasteiger partial charge in [-0.25, -0.2) is 25.6 Å². The van der Waals surface area contributed by atoms with Gasteiger partial charge in [0.1, 0.15) is 6.61 Å². The molecule has 0 radical (unpaired) electrons. The minimum atomic E-state index is -3.65. The van der Waals surface area contributed by atoms with Gasteiger partial charge in [0.15, 0.2) is 65.8 Å². The maximum Gasteiger partial charge on any atom is 0.178 e. The molecular formula is C51H50F2N2O8S2. The molecule has 0 spiro atoms. The van der Waals surface area contributed by atoms with Gasteiger partial charge in [-0.2, -0.15) is 0 Å². The van der Waals surface area contributed by atoms with Gasteiger partial charge in [0.2, 0.25) is 0 Å². The molecule has 0 bridgehead atoms. The summed E-state index contributed by atoms with van der Waals surface area (Å²) in [5.41, 5.74) is 4.60. The van der Waals surface area contributed by atoms with E-state index >= 15 is 0 Å². The van der Waals surface area contributed by atoms with Crippen LogP contribution in [0, 0.1) is 11.6 Å². The summed E-state index contributed by atoms with van der Waals surface area (Å²) in [6.45, 7) is 4.32. The van der Waals surface area contributed by atoms with Crippen molar-refractivity contribution in [3.05, 3.63) is 192 Å². The summed E-state index contributed by atoms with van der Waals surface area (Å²) in [6.07, 6.45) is 6.72. The van der Waals surface area contributed by atoms with Crippen LogP contribution in [0.15, 0.2) is 162 Å². The third-order valence-electron chi connectivity index (χ3n) is 10.2. The second kappa shape index (κ2) is 22.8. The number of aromatic nitrogens is 2. The fourth-order valence-electron chi connectivity index (χ4n) is 6.54. The van der Waals surface area contributed by atoms with E-state index in [0.717, 1.165) is 53.1 Å². The summed E-state index contributed by atoms with van der Waals surface area (Å²) >= 11 is 0. The number of phenols is 1. The van der Waals surface area contributed by atoms with Crippen LogP contribution in [0.2, 0.25) is 0 Å². The van der Waals surface area contributed by atoms with Crippen LogP contribution in [0.1, 0.15) is 54.8 Å². The van der Waals surface area contributed by atoms with Crippen LogP contribution in [0.3, 0.4) is 0 Å². The minimum absolute atomic E-state index is 0.0729. The van der Waals surface area contributed by atoms with Crippen molar-refractivity contribution in [1.29, 1.82) is 0 Å². The van der Waals surface area contributed by atoms with E-state index in [1.807, 2.05) is 86.6 Å². The molecule has 1 N–H and O–H groups in total. The van der Waals surface area contributed by atoms with Crippen molar-refractivity contribution in [2.75, 3.05) is 11.5 Å². The highest BCUT2D eigenvalue weighted by atomic mass is 32.2. The van der Waals surface area contributed by atoms with Gasteiger partial charge in [0.05, 0.1) is 21.3 Å². The number of nitrogens with zero attached hydrogens (tertiary/aromatic N) is 2. The third-order valence-corrected chi connectivity index (χ3v) is 13.8. The molecule has 338 valence electrons. The molecule has 7 aromatic rings. The predicted molar refractivity (Wildman–Crippen MR) is 246 cm³/mol. The van der Waals surface area contributed by atoms with Crippen LogP contribution in [-0.4, -0.2) is 43.4 Å². The van der Waals surface area contributed by atoms with Gasteiger partial charge in [-0.15, -0.1) is 0 Å². The predicted octanol–water partition coefficient (Wildman–Crippen LogP) is 11.2. The van der Waals surface area contributed by atoms with Gasteiger partial charge in [-0.1, -0.05) is 68.4 Å².